The first-order chi connectivity index (χ1) is 10.6. The summed E-state index contributed by atoms with van der Waals surface area (Å²) in [4.78, 5) is 25.7. The minimum atomic E-state index is -0.508. The Morgan fingerprint density at radius 1 is 1.32 bits per heavy atom. The van der Waals surface area contributed by atoms with E-state index in [9.17, 15) is 9.59 Å². The summed E-state index contributed by atoms with van der Waals surface area (Å²) in [5.41, 5.74) is 0.687. The molecular formula is C16H18N2O4. The van der Waals surface area contributed by atoms with Crippen LogP contribution in [0.2, 0.25) is 0 Å². The zero-order valence-electron chi connectivity index (χ0n) is 12.3. The topological polar surface area (TPSA) is 73.3 Å². The van der Waals surface area contributed by atoms with Gasteiger partial charge in [0.2, 0.25) is 0 Å². The first-order valence-corrected chi connectivity index (χ1v) is 7.24. The molecule has 0 aliphatic carbocycles. The minimum absolute atomic E-state index is 0.219. The summed E-state index contributed by atoms with van der Waals surface area (Å²) < 4.78 is 12.9. The molecule has 1 aromatic heterocycles. The number of hydrogen-bond donors (Lipinski definition) is 1. The Balaban J connectivity index is 1.77. The molecule has 1 N–H and O–H groups in total. The quantitative estimate of drug-likeness (QED) is 0.925. The van der Waals surface area contributed by atoms with Crippen LogP contribution < -0.4 is 11.2 Å². The molecule has 116 valence electrons. The predicted molar refractivity (Wildman–Crippen MR) is 80.7 cm³/mol. The van der Waals surface area contributed by atoms with Gasteiger partial charge in [0.15, 0.2) is 6.23 Å². The number of aromatic amines is 1. The van der Waals surface area contributed by atoms with Crippen LogP contribution in [0.5, 0.6) is 0 Å². The van der Waals surface area contributed by atoms with Crippen molar-refractivity contribution in [3.63, 3.8) is 0 Å². The second kappa shape index (κ2) is 6.29. The van der Waals surface area contributed by atoms with Gasteiger partial charge >= 0.3 is 5.69 Å². The fourth-order valence-corrected chi connectivity index (χ4v) is 2.53. The maximum Gasteiger partial charge on any atom is 0.330 e. The Labute approximate surface area is 127 Å². The minimum Gasteiger partial charge on any atom is -0.369 e. The number of aromatic nitrogens is 2. The average Bonchev–Trinajstić information content (AvgIpc) is 2.98. The van der Waals surface area contributed by atoms with E-state index in [0.717, 1.165) is 5.56 Å². The van der Waals surface area contributed by atoms with E-state index in [-0.39, 0.29) is 11.7 Å². The van der Waals surface area contributed by atoms with Crippen LogP contribution in [-0.2, 0) is 16.1 Å². The fraction of sp³-hybridized carbons (Fsp3) is 0.375. The molecule has 1 saturated heterocycles. The lowest BCUT2D eigenvalue weighted by Crippen LogP contribution is -2.37. The standard InChI is InChI=1S/C16H18N2O4/c1-11-9-18(16(20)17-14(11)19)15-13(7-8-21-15)22-10-12-5-3-2-4-6-12/h2-6,9,13,15H,7-8,10H2,1H3,(H,17,19,20)/t13-,15+/m0/s1. The van der Waals surface area contributed by atoms with E-state index in [1.807, 2.05) is 30.3 Å². The van der Waals surface area contributed by atoms with Gasteiger partial charge in [-0.25, -0.2) is 4.79 Å². The SMILES string of the molecule is Cc1cn([C@@H]2OCC[C@@H]2OCc2ccccc2)c(=O)[nH]c1=O. The number of rotatable bonds is 4. The molecule has 0 unspecified atom stereocenters. The molecule has 3 rings (SSSR count). The molecule has 0 amide bonds. The van der Waals surface area contributed by atoms with Crippen molar-refractivity contribution in [1.29, 1.82) is 0 Å². The number of H-pyrrole nitrogens is 1. The van der Waals surface area contributed by atoms with Gasteiger partial charge in [-0.05, 0) is 12.5 Å². The molecule has 2 heterocycles. The van der Waals surface area contributed by atoms with Crippen molar-refractivity contribution in [1.82, 2.24) is 9.55 Å². The molecule has 6 heteroatoms. The summed E-state index contributed by atoms with van der Waals surface area (Å²) in [7, 11) is 0. The third kappa shape index (κ3) is 3.03. The van der Waals surface area contributed by atoms with Gasteiger partial charge in [0, 0.05) is 18.2 Å². The van der Waals surface area contributed by atoms with E-state index < -0.39 is 11.9 Å². The largest absolute Gasteiger partial charge is 0.369 e. The number of aryl methyl sites for hydroxylation is 1. The van der Waals surface area contributed by atoms with Crippen molar-refractivity contribution < 1.29 is 9.47 Å². The van der Waals surface area contributed by atoms with Gasteiger partial charge in [-0.2, -0.15) is 0 Å². The van der Waals surface area contributed by atoms with Gasteiger partial charge in [0.1, 0.15) is 6.10 Å². The number of nitrogens with zero attached hydrogens (tertiary/aromatic N) is 1. The number of ether oxygens (including phenoxy) is 2. The van der Waals surface area contributed by atoms with Crippen LogP contribution in [0.25, 0.3) is 0 Å². The van der Waals surface area contributed by atoms with Gasteiger partial charge in [0.05, 0.1) is 13.2 Å². The summed E-state index contributed by atoms with van der Waals surface area (Å²) in [6, 6.07) is 9.84. The van der Waals surface area contributed by atoms with Gasteiger partial charge in [0.25, 0.3) is 5.56 Å². The molecule has 0 radical (unpaired) electrons. The lowest BCUT2D eigenvalue weighted by atomic mass is 10.2. The summed E-state index contributed by atoms with van der Waals surface area (Å²) in [5.74, 6) is 0. The van der Waals surface area contributed by atoms with E-state index >= 15 is 0 Å². The van der Waals surface area contributed by atoms with Gasteiger partial charge in [-0.3, -0.25) is 14.3 Å². The Morgan fingerprint density at radius 2 is 2.09 bits per heavy atom. The van der Waals surface area contributed by atoms with Crippen LogP contribution in [0.1, 0.15) is 23.8 Å². The maximum atomic E-state index is 12.0. The van der Waals surface area contributed by atoms with Gasteiger partial charge < -0.3 is 9.47 Å². The summed E-state index contributed by atoms with van der Waals surface area (Å²) >= 11 is 0. The normalized spacial score (nSPS) is 21.1. The van der Waals surface area contributed by atoms with Crippen LogP contribution in [-0.4, -0.2) is 22.3 Å². The van der Waals surface area contributed by atoms with E-state index in [2.05, 4.69) is 4.98 Å². The zero-order valence-corrected chi connectivity index (χ0v) is 12.3. The molecule has 0 bridgehead atoms. The summed E-state index contributed by atoms with van der Waals surface area (Å²) in [5, 5.41) is 0. The predicted octanol–water partition coefficient (Wildman–Crippen LogP) is 1.35. The summed E-state index contributed by atoms with van der Waals surface area (Å²) in [6.45, 7) is 2.64. The first-order valence-electron chi connectivity index (χ1n) is 7.24. The highest BCUT2D eigenvalue weighted by atomic mass is 16.6. The molecular weight excluding hydrogens is 284 g/mol. The molecule has 22 heavy (non-hydrogen) atoms. The Hall–Kier alpha value is -2.18. The highest BCUT2D eigenvalue weighted by molar-refractivity contribution is 5.13. The van der Waals surface area contributed by atoms with Crippen LogP contribution in [0.4, 0.5) is 0 Å². The highest BCUT2D eigenvalue weighted by Gasteiger charge is 2.31. The third-order valence-electron chi connectivity index (χ3n) is 3.74. The van der Waals surface area contributed by atoms with Crippen LogP contribution in [0, 0.1) is 6.92 Å². The molecule has 1 fully saturated rings. The maximum absolute atomic E-state index is 12.0. The molecule has 2 aromatic rings. The Bertz CT molecular complexity index is 751. The second-order valence-corrected chi connectivity index (χ2v) is 5.36. The van der Waals surface area contributed by atoms with Crippen molar-refractivity contribution in [2.45, 2.75) is 32.3 Å². The zero-order chi connectivity index (χ0) is 15.5. The van der Waals surface area contributed by atoms with E-state index in [0.29, 0.717) is 25.2 Å². The first kappa shape index (κ1) is 14.7. The molecule has 0 spiro atoms. The van der Waals surface area contributed by atoms with Crippen LogP contribution in [0.15, 0.2) is 46.1 Å². The lowest BCUT2D eigenvalue weighted by Gasteiger charge is -2.21. The van der Waals surface area contributed by atoms with Crippen molar-refractivity contribution in [2.75, 3.05) is 6.61 Å². The molecule has 2 atom stereocenters. The Morgan fingerprint density at radius 3 is 2.86 bits per heavy atom. The Kier molecular flexibility index (Phi) is 4.22. The van der Waals surface area contributed by atoms with Crippen molar-refractivity contribution >= 4 is 0 Å². The molecule has 1 aliphatic rings. The van der Waals surface area contributed by atoms with Gasteiger partial charge in [-0.1, -0.05) is 30.3 Å². The van der Waals surface area contributed by atoms with Crippen molar-refractivity contribution in [2.24, 2.45) is 0 Å². The summed E-state index contributed by atoms with van der Waals surface area (Å²) in [6.07, 6.45) is 1.51. The average molecular weight is 302 g/mol. The number of hydrogen-bond acceptors (Lipinski definition) is 4. The molecule has 6 nitrogen and oxygen atoms in total. The van der Waals surface area contributed by atoms with Crippen molar-refractivity contribution in [3.8, 4) is 0 Å². The molecule has 1 aliphatic heterocycles. The van der Waals surface area contributed by atoms with E-state index in [1.54, 1.807) is 6.92 Å². The number of benzene rings is 1. The van der Waals surface area contributed by atoms with E-state index in [4.69, 9.17) is 9.47 Å². The molecule has 0 saturated carbocycles. The highest BCUT2D eigenvalue weighted by Crippen LogP contribution is 2.26. The van der Waals surface area contributed by atoms with Gasteiger partial charge in [-0.15, -0.1) is 0 Å². The van der Waals surface area contributed by atoms with Crippen LogP contribution >= 0.6 is 0 Å². The second-order valence-electron chi connectivity index (χ2n) is 5.36. The number of nitrogens with one attached hydrogen (secondary N) is 1. The monoisotopic (exact) mass is 302 g/mol. The van der Waals surface area contributed by atoms with E-state index in [1.165, 1.54) is 10.8 Å². The van der Waals surface area contributed by atoms with Crippen LogP contribution in [0.3, 0.4) is 0 Å². The fourth-order valence-electron chi connectivity index (χ4n) is 2.53. The molecule has 1 aromatic carbocycles. The smallest absolute Gasteiger partial charge is 0.330 e. The third-order valence-corrected chi connectivity index (χ3v) is 3.74. The van der Waals surface area contributed by atoms with Crippen molar-refractivity contribution in [3.05, 3.63) is 68.5 Å². The lowest BCUT2D eigenvalue weighted by molar-refractivity contribution is -0.0557.